The Kier molecular flexibility index (Phi) is 2.54. The Hall–Kier alpha value is -0.540. The molecule has 76 valence electrons. The van der Waals surface area contributed by atoms with Crippen molar-refractivity contribution in [2.45, 2.75) is 18.9 Å². The predicted octanol–water partition coefficient (Wildman–Crippen LogP) is 2.79. The van der Waals surface area contributed by atoms with Gasteiger partial charge in [-0.05, 0) is 30.7 Å². The Labute approximate surface area is 92.3 Å². The highest BCUT2D eigenvalue weighted by Crippen LogP contribution is 2.36. The summed E-state index contributed by atoms with van der Waals surface area (Å²) in [4.78, 5) is 0. The number of ether oxygens (including phenoxy) is 2. The Morgan fingerprint density at radius 2 is 2.36 bits per heavy atom. The first kappa shape index (κ1) is 9.99. The molecule has 0 amide bonds. The third-order valence-electron chi connectivity index (χ3n) is 2.39. The van der Waals surface area contributed by atoms with Crippen molar-refractivity contribution in [2.75, 3.05) is 13.7 Å². The van der Waals surface area contributed by atoms with Crippen LogP contribution in [0.5, 0.6) is 5.75 Å². The van der Waals surface area contributed by atoms with E-state index in [0.717, 1.165) is 16.6 Å². The van der Waals surface area contributed by atoms with E-state index in [1.807, 2.05) is 12.1 Å². The van der Waals surface area contributed by atoms with Crippen LogP contribution in [0.25, 0.3) is 0 Å². The van der Waals surface area contributed by atoms with Crippen molar-refractivity contribution < 1.29 is 9.47 Å². The second-order valence-corrected chi connectivity index (χ2v) is 4.83. The summed E-state index contributed by atoms with van der Waals surface area (Å²) in [5.41, 5.74) is 1.05. The number of fused-ring (bicyclic) bond motifs is 1. The highest BCUT2D eigenvalue weighted by molar-refractivity contribution is 9.10. The minimum Gasteiger partial charge on any atom is -0.485 e. The lowest BCUT2D eigenvalue weighted by molar-refractivity contribution is 0.0205. The molecule has 0 bridgehead atoms. The number of halogens is 1. The zero-order valence-electron chi connectivity index (χ0n) is 8.34. The molecule has 1 aromatic carbocycles. The summed E-state index contributed by atoms with van der Waals surface area (Å²) in [7, 11) is 1.70. The minimum absolute atomic E-state index is 0.197. The Morgan fingerprint density at radius 3 is 3.07 bits per heavy atom. The van der Waals surface area contributed by atoms with E-state index in [9.17, 15) is 0 Å². The van der Waals surface area contributed by atoms with Crippen LogP contribution in [0.4, 0.5) is 0 Å². The van der Waals surface area contributed by atoms with Gasteiger partial charge < -0.3 is 9.47 Å². The highest BCUT2D eigenvalue weighted by atomic mass is 79.9. The van der Waals surface area contributed by atoms with Gasteiger partial charge in [0.25, 0.3) is 0 Å². The van der Waals surface area contributed by atoms with E-state index in [0.29, 0.717) is 6.61 Å². The highest BCUT2D eigenvalue weighted by Gasteiger charge is 2.34. The molecule has 0 saturated heterocycles. The molecule has 1 aromatic rings. The lowest BCUT2D eigenvalue weighted by Gasteiger charge is -2.22. The quantitative estimate of drug-likeness (QED) is 0.811. The van der Waals surface area contributed by atoms with Gasteiger partial charge in [-0.1, -0.05) is 15.9 Å². The predicted molar refractivity (Wildman–Crippen MR) is 58.8 cm³/mol. The second-order valence-electron chi connectivity index (χ2n) is 3.91. The van der Waals surface area contributed by atoms with Crippen molar-refractivity contribution in [3.63, 3.8) is 0 Å². The molecule has 0 spiro atoms. The maximum absolute atomic E-state index is 5.84. The standard InChI is InChI=1S/C11H13BrO2/c1-11(7-13-2)6-8-5-9(12)3-4-10(8)14-11/h3-5H,6-7H2,1-2H3. The first-order valence-electron chi connectivity index (χ1n) is 4.59. The van der Waals surface area contributed by atoms with Crippen LogP contribution in [-0.4, -0.2) is 19.3 Å². The van der Waals surface area contributed by atoms with Gasteiger partial charge in [-0.15, -0.1) is 0 Å². The van der Waals surface area contributed by atoms with Gasteiger partial charge in [-0.3, -0.25) is 0 Å². The Balaban J connectivity index is 2.25. The summed E-state index contributed by atoms with van der Waals surface area (Å²) in [5, 5.41) is 0. The number of methoxy groups -OCH3 is 1. The van der Waals surface area contributed by atoms with Crippen LogP contribution in [0, 0.1) is 0 Å². The molecule has 0 saturated carbocycles. The molecule has 2 rings (SSSR count). The first-order valence-corrected chi connectivity index (χ1v) is 5.39. The van der Waals surface area contributed by atoms with Gasteiger partial charge in [0, 0.05) is 18.0 Å². The smallest absolute Gasteiger partial charge is 0.134 e. The monoisotopic (exact) mass is 256 g/mol. The van der Waals surface area contributed by atoms with Crippen LogP contribution in [0.15, 0.2) is 22.7 Å². The summed E-state index contributed by atoms with van der Waals surface area (Å²) in [5.74, 6) is 0.979. The fourth-order valence-electron chi connectivity index (χ4n) is 1.88. The van der Waals surface area contributed by atoms with Crippen molar-refractivity contribution in [3.8, 4) is 5.75 Å². The third-order valence-corrected chi connectivity index (χ3v) is 2.89. The first-order chi connectivity index (χ1) is 6.63. The molecule has 1 aliphatic rings. The maximum atomic E-state index is 5.84. The average Bonchev–Trinajstić information content (AvgIpc) is 2.40. The van der Waals surface area contributed by atoms with Crippen molar-refractivity contribution in [2.24, 2.45) is 0 Å². The van der Waals surface area contributed by atoms with Gasteiger partial charge in [0.05, 0.1) is 6.61 Å². The molecule has 0 aromatic heterocycles. The van der Waals surface area contributed by atoms with Crippen LogP contribution in [0.1, 0.15) is 12.5 Å². The lowest BCUT2D eigenvalue weighted by atomic mass is 10.0. The molecule has 1 heterocycles. The maximum Gasteiger partial charge on any atom is 0.134 e. The van der Waals surface area contributed by atoms with Gasteiger partial charge in [-0.2, -0.15) is 0 Å². The number of hydrogen-bond donors (Lipinski definition) is 0. The number of benzene rings is 1. The summed E-state index contributed by atoms with van der Waals surface area (Å²) in [6.07, 6.45) is 0.912. The fourth-order valence-corrected chi connectivity index (χ4v) is 2.28. The van der Waals surface area contributed by atoms with E-state index in [1.165, 1.54) is 5.56 Å². The zero-order chi connectivity index (χ0) is 10.2. The topological polar surface area (TPSA) is 18.5 Å². The third kappa shape index (κ3) is 1.79. The van der Waals surface area contributed by atoms with E-state index >= 15 is 0 Å². The Bertz CT molecular complexity index is 351. The van der Waals surface area contributed by atoms with E-state index in [2.05, 4.69) is 28.9 Å². The van der Waals surface area contributed by atoms with E-state index in [4.69, 9.17) is 9.47 Å². The van der Waals surface area contributed by atoms with Gasteiger partial charge in [-0.25, -0.2) is 0 Å². The van der Waals surface area contributed by atoms with Crippen molar-refractivity contribution in [3.05, 3.63) is 28.2 Å². The molecule has 2 nitrogen and oxygen atoms in total. The molecule has 14 heavy (non-hydrogen) atoms. The molecule has 1 atom stereocenters. The average molecular weight is 257 g/mol. The zero-order valence-corrected chi connectivity index (χ0v) is 9.93. The lowest BCUT2D eigenvalue weighted by Crippen LogP contribution is -2.35. The van der Waals surface area contributed by atoms with Gasteiger partial charge in [0.2, 0.25) is 0 Å². The molecule has 0 aliphatic carbocycles. The van der Waals surface area contributed by atoms with Gasteiger partial charge in [0.1, 0.15) is 11.4 Å². The number of hydrogen-bond acceptors (Lipinski definition) is 2. The SMILES string of the molecule is COCC1(C)Cc2cc(Br)ccc2O1. The minimum atomic E-state index is -0.197. The van der Waals surface area contributed by atoms with Crippen molar-refractivity contribution in [1.29, 1.82) is 0 Å². The number of rotatable bonds is 2. The van der Waals surface area contributed by atoms with Crippen LogP contribution in [0.3, 0.4) is 0 Å². The fraction of sp³-hybridized carbons (Fsp3) is 0.455. The molecule has 0 radical (unpaired) electrons. The summed E-state index contributed by atoms with van der Waals surface area (Å²) < 4.78 is 12.1. The normalized spacial score (nSPS) is 24.5. The van der Waals surface area contributed by atoms with E-state index in [-0.39, 0.29) is 5.60 Å². The van der Waals surface area contributed by atoms with E-state index < -0.39 is 0 Å². The van der Waals surface area contributed by atoms with Crippen LogP contribution >= 0.6 is 15.9 Å². The summed E-state index contributed by atoms with van der Waals surface area (Å²) in [6, 6.07) is 6.11. The van der Waals surface area contributed by atoms with Crippen LogP contribution in [0.2, 0.25) is 0 Å². The van der Waals surface area contributed by atoms with E-state index in [1.54, 1.807) is 7.11 Å². The van der Waals surface area contributed by atoms with Crippen molar-refractivity contribution in [1.82, 2.24) is 0 Å². The van der Waals surface area contributed by atoms with Gasteiger partial charge >= 0.3 is 0 Å². The molecule has 0 fully saturated rings. The molecular formula is C11H13BrO2. The molecule has 1 aliphatic heterocycles. The second kappa shape index (κ2) is 3.55. The summed E-state index contributed by atoms with van der Waals surface area (Å²) >= 11 is 3.45. The van der Waals surface area contributed by atoms with Crippen molar-refractivity contribution >= 4 is 15.9 Å². The largest absolute Gasteiger partial charge is 0.485 e. The molecule has 1 unspecified atom stereocenters. The Morgan fingerprint density at radius 1 is 1.57 bits per heavy atom. The summed E-state index contributed by atoms with van der Waals surface area (Å²) in [6.45, 7) is 2.70. The molecule has 3 heteroatoms. The van der Waals surface area contributed by atoms with Crippen LogP contribution in [-0.2, 0) is 11.2 Å². The molecule has 0 N–H and O–H groups in total. The molecular weight excluding hydrogens is 244 g/mol. The van der Waals surface area contributed by atoms with Crippen LogP contribution < -0.4 is 4.74 Å². The van der Waals surface area contributed by atoms with Gasteiger partial charge in [0.15, 0.2) is 0 Å².